The normalized spacial score (nSPS) is 16.6. The van der Waals surface area contributed by atoms with Crippen LogP contribution >= 0.6 is 0 Å². The zero-order chi connectivity index (χ0) is 27.5. The molecule has 6 rings (SSSR count). The van der Waals surface area contributed by atoms with E-state index < -0.39 is 6.04 Å². The summed E-state index contributed by atoms with van der Waals surface area (Å²) in [5.74, 6) is 1.59. The van der Waals surface area contributed by atoms with Crippen LogP contribution in [0, 0.1) is 6.92 Å². The summed E-state index contributed by atoms with van der Waals surface area (Å²) in [6, 6.07) is 21.4. The quantitative estimate of drug-likeness (QED) is 0.309. The predicted octanol–water partition coefficient (Wildman–Crippen LogP) is 4.99. The van der Waals surface area contributed by atoms with E-state index in [9.17, 15) is 9.59 Å². The summed E-state index contributed by atoms with van der Waals surface area (Å²) in [5, 5.41) is 3.01. The fraction of sp³-hybridized carbons (Fsp3) is 0.290. The van der Waals surface area contributed by atoms with Gasteiger partial charge >= 0.3 is 0 Å². The number of amides is 2. The molecule has 1 fully saturated rings. The molecule has 2 unspecified atom stereocenters. The van der Waals surface area contributed by atoms with Crippen molar-refractivity contribution in [2.45, 2.75) is 38.5 Å². The number of nitrogens with zero attached hydrogens (tertiary/aromatic N) is 1. The number of aryl methyl sites for hydroxylation is 1. The molecule has 2 amide bonds. The van der Waals surface area contributed by atoms with Gasteiger partial charge in [-0.1, -0.05) is 36.4 Å². The fourth-order valence-electron chi connectivity index (χ4n) is 5.12. The molecule has 2 N–H and O–H groups in total. The number of rotatable bonds is 9. The van der Waals surface area contributed by atoms with Crippen molar-refractivity contribution >= 4 is 11.8 Å². The standard InChI is InChI=1S/C31H31N3O6/c1-20-9-13-27(40-20)29(30(35)32-17-23-8-5-15-37-23)34(18-21-10-14-26-28(16-21)39-19-38-26)31(36)25-12-11-24(33-25)22-6-3-2-4-7-22/h2-4,6-7,9-14,16,23,29,33H,5,8,15,17-19H2,1H3,(H,32,35). The molecule has 0 bridgehead atoms. The monoisotopic (exact) mass is 541 g/mol. The van der Waals surface area contributed by atoms with Gasteiger partial charge < -0.3 is 33.8 Å². The van der Waals surface area contributed by atoms with E-state index in [2.05, 4.69) is 10.3 Å². The molecule has 0 spiro atoms. The Hall–Kier alpha value is -4.50. The number of aromatic nitrogens is 1. The van der Waals surface area contributed by atoms with Crippen molar-refractivity contribution in [2.75, 3.05) is 19.9 Å². The Labute approximate surface area is 232 Å². The number of ether oxygens (including phenoxy) is 3. The van der Waals surface area contributed by atoms with Crippen molar-refractivity contribution < 1.29 is 28.2 Å². The number of H-pyrrole nitrogens is 1. The molecule has 4 aromatic rings. The number of furan rings is 1. The molecule has 2 aliphatic rings. The minimum absolute atomic E-state index is 0.0437. The third-order valence-electron chi connectivity index (χ3n) is 7.17. The zero-order valence-corrected chi connectivity index (χ0v) is 22.2. The average molecular weight is 542 g/mol. The third kappa shape index (κ3) is 5.46. The number of hydrogen-bond donors (Lipinski definition) is 2. The maximum absolute atomic E-state index is 14.2. The van der Waals surface area contributed by atoms with Gasteiger partial charge in [0, 0.05) is 25.4 Å². The Morgan fingerprint density at radius 2 is 1.88 bits per heavy atom. The van der Waals surface area contributed by atoms with E-state index in [4.69, 9.17) is 18.6 Å². The van der Waals surface area contributed by atoms with E-state index in [0.29, 0.717) is 41.9 Å². The van der Waals surface area contributed by atoms with E-state index in [1.807, 2.05) is 61.5 Å². The zero-order valence-electron chi connectivity index (χ0n) is 22.2. The molecule has 0 radical (unpaired) electrons. The fourth-order valence-corrected chi connectivity index (χ4v) is 5.12. The SMILES string of the molecule is Cc1ccc(C(C(=O)NCC2CCCO2)N(Cc2ccc3c(c2)OCO3)C(=O)c2ccc(-c3ccccc3)[nH]2)o1. The van der Waals surface area contributed by atoms with Crippen molar-refractivity contribution in [3.8, 4) is 22.8 Å². The van der Waals surface area contributed by atoms with E-state index in [-0.39, 0.29) is 31.3 Å². The summed E-state index contributed by atoms with van der Waals surface area (Å²) in [6.45, 7) is 3.14. The Morgan fingerprint density at radius 3 is 2.65 bits per heavy atom. The van der Waals surface area contributed by atoms with E-state index in [0.717, 1.165) is 29.7 Å². The number of fused-ring (bicyclic) bond motifs is 1. The average Bonchev–Trinajstić information content (AvgIpc) is 3.79. The molecule has 2 aliphatic heterocycles. The van der Waals surface area contributed by atoms with Gasteiger partial charge in [-0.15, -0.1) is 0 Å². The van der Waals surface area contributed by atoms with Crippen molar-refractivity contribution in [1.29, 1.82) is 0 Å². The lowest BCUT2D eigenvalue weighted by molar-refractivity contribution is -0.127. The van der Waals surface area contributed by atoms with Crippen LogP contribution in [0.5, 0.6) is 11.5 Å². The van der Waals surface area contributed by atoms with Crippen molar-refractivity contribution in [1.82, 2.24) is 15.2 Å². The van der Waals surface area contributed by atoms with Crippen LogP contribution in [0.1, 0.15) is 46.5 Å². The first kappa shape index (κ1) is 25.8. The number of carbonyl (C=O) groups excluding carboxylic acids is 2. The molecule has 1 saturated heterocycles. The molecule has 206 valence electrons. The Kier molecular flexibility index (Phi) is 7.29. The molecular weight excluding hydrogens is 510 g/mol. The summed E-state index contributed by atoms with van der Waals surface area (Å²) in [5.41, 5.74) is 2.91. The molecule has 2 aromatic heterocycles. The lowest BCUT2D eigenvalue weighted by Gasteiger charge is -2.30. The van der Waals surface area contributed by atoms with E-state index in [1.54, 1.807) is 18.2 Å². The second-order valence-electron chi connectivity index (χ2n) is 10.0. The van der Waals surface area contributed by atoms with Crippen LogP contribution in [-0.2, 0) is 16.1 Å². The first-order chi connectivity index (χ1) is 19.5. The summed E-state index contributed by atoms with van der Waals surface area (Å²) >= 11 is 0. The maximum atomic E-state index is 14.2. The van der Waals surface area contributed by atoms with Gasteiger partial charge in [0.25, 0.3) is 11.8 Å². The van der Waals surface area contributed by atoms with Crippen LogP contribution < -0.4 is 14.8 Å². The molecule has 2 atom stereocenters. The molecule has 9 nitrogen and oxygen atoms in total. The van der Waals surface area contributed by atoms with Crippen LogP contribution in [0.25, 0.3) is 11.3 Å². The van der Waals surface area contributed by atoms with Crippen molar-refractivity contribution in [3.63, 3.8) is 0 Å². The number of benzene rings is 2. The molecule has 2 aromatic carbocycles. The Bertz CT molecular complexity index is 1490. The highest BCUT2D eigenvalue weighted by Gasteiger charge is 2.36. The Morgan fingerprint density at radius 1 is 1.02 bits per heavy atom. The van der Waals surface area contributed by atoms with Crippen molar-refractivity contribution in [3.05, 3.63) is 95.6 Å². The maximum Gasteiger partial charge on any atom is 0.271 e. The first-order valence-electron chi connectivity index (χ1n) is 13.4. The second kappa shape index (κ2) is 11.3. The van der Waals surface area contributed by atoms with E-state index >= 15 is 0 Å². The van der Waals surface area contributed by atoms with E-state index in [1.165, 1.54) is 4.90 Å². The highest BCUT2D eigenvalue weighted by atomic mass is 16.7. The minimum Gasteiger partial charge on any atom is -0.464 e. The van der Waals surface area contributed by atoms with Crippen LogP contribution in [0.3, 0.4) is 0 Å². The van der Waals surface area contributed by atoms with Crippen LogP contribution in [-0.4, -0.2) is 47.7 Å². The largest absolute Gasteiger partial charge is 0.464 e. The van der Waals surface area contributed by atoms with Gasteiger partial charge in [0.2, 0.25) is 6.79 Å². The number of hydrogen-bond acceptors (Lipinski definition) is 6. The second-order valence-corrected chi connectivity index (χ2v) is 10.0. The summed E-state index contributed by atoms with van der Waals surface area (Å²) < 4.78 is 22.7. The molecule has 9 heteroatoms. The lowest BCUT2D eigenvalue weighted by Crippen LogP contribution is -2.45. The summed E-state index contributed by atoms with van der Waals surface area (Å²) in [4.78, 5) is 32.8. The van der Waals surface area contributed by atoms with Gasteiger partial charge in [0.15, 0.2) is 17.5 Å². The van der Waals surface area contributed by atoms with Crippen LogP contribution in [0.15, 0.2) is 77.2 Å². The number of nitrogens with one attached hydrogen (secondary N) is 2. The van der Waals surface area contributed by atoms with Crippen LogP contribution in [0.2, 0.25) is 0 Å². The molecular formula is C31H31N3O6. The van der Waals surface area contributed by atoms with Gasteiger partial charge in [0.05, 0.1) is 6.10 Å². The molecule has 0 aliphatic carbocycles. The topological polar surface area (TPSA) is 106 Å². The predicted molar refractivity (Wildman–Crippen MR) is 147 cm³/mol. The van der Waals surface area contributed by atoms with Gasteiger partial charge in [-0.2, -0.15) is 0 Å². The Balaban J connectivity index is 1.35. The summed E-state index contributed by atoms with van der Waals surface area (Å²) in [6.07, 6.45) is 1.81. The highest BCUT2D eigenvalue weighted by molar-refractivity contribution is 5.97. The van der Waals surface area contributed by atoms with Gasteiger partial charge in [-0.25, -0.2) is 0 Å². The first-order valence-corrected chi connectivity index (χ1v) is 13.4. The smallest absolute Gasteiger partial charge is 0.271 e. The summed E-state index contributed by atoms with van der Waals surface area (Å²) in [7, 11) is 0. The number of carbonyl (C=O) groups is 2. The number of aromatic amines is 1. The van der Waals surface area contributed by atoms with Crippen LogP contribution in [0.4, 0.5) is 0 Å². The molecule has 40 heavy (non-hydrogen) atoms. The molecule has 0 saturated carbocycles. The van der Waals surface area contributed by atoms with Gasteiger partial charge in [-0.3, -0.25) is 9.59 Å². The third-order valence-corrected chi connectivity index (χ3v) is 7.17. The minimum atomic E-state index is -1.02. The van der Waals surface area contributed by atoms with Crippen molar-refractivity contribution in [2.24, 2.45) is 0 Å². The lowest BCUT2D eigenvalue weighted by atomic mass is 10.1. The van der Waals surface area contributed by atoms with Gasteiger partial charge in [0.1, 0.15) is 17.2 Å². The molecule has 4 heterocycles. The van der Waals surface area contributed by atoms with Gasteiger partial charge in [-0.05, 0) is 67.3 Å². The highest BCUT2D eigenvalue weighted by Crippen LogP contribution is 2.34.